The molecule has 0 saturated carbocycles. The molecule has 0 N–H and O–H groups in total. The summed E-state index contributed by atoms with van der Waals surface area (Å²) in [6.07, 6.45) is 1.66. The molecule has 0 aromatic rings. The summed E-state index contributed by atoms with van der Waals surface area (Å²) in [5.74, 6) is 0.327. The molecule has 0 aromatic carbocycles. The highest BCUT2D eigenvalue weighted by atomic mass is 16.2. The number of hydrogen-bond acceptors (Lipinski definition) is 2. The average Bonchev–Trinajstić information content (AvgIpc) is 2.17. The van der Waals surface area contributed by atoms with Gasteiger partial charge >= 0.3 is 0 Å². The number of piperazine rings is 1. The molecule has 1 atom stereocenters. The summed E-state index contributed by atoms with van der Waals surface area (Å²) in [5.41, 5.74) is 0. The Balaban J connectivity index is 2.47. The van der Waals surface area contributed by atoms with Crippen molar-refractivity contribution >= 4 is 5.91 Å². The third kappa shape index (κ3) is 3.20. The molecule has 0 aromatic heterocycles. The molecule has 1 aliphatic heterocycles. The molecule has 0 unspecified atom stereocenters. The monoisotopic (exact) mass is 212 g/mol. The van der Waals surface area contributed by atoms with Crippen LogP contribution in [0.5, 0.6) is 0 Å². The minimum atomic E-state index is 0.327. The Bertz CT molecular complexity index is 216. The third-order valence-electron chi connectivity index (χ3n) is 3.16. The van der Waals surface area contributed by atoms with Gasteiger partial charge in [-0.05, 0) is 27.2 Å². The van der Waals surface area contributed by atoms with Crippen molar-refractivity contribution in [2.45, 2.75) is 52.6 Å². The Hall–Kier alpha value is -0.570. The molecule has 1 heterocycles. The first-order valence-electron chi connectivity index (χ1n) is 6.09. The van der Waals surface area contributed by atoms with E-state index in [0.29, 0.717) is 24.4 Å². The first kappa shape index (κ1) is 12.5. The van der Waals surface area contributed by atoms with E-state index < -0.39 is 0 Å². The molecule has 1 fully saturated rings. The number of rotatable bonds is 3. The lowest BCUT2D eigenvalue weighted by molar-refractivity contribution is -0.134. The number of hydrogen-bond donors (Lipinski definition) is 0. The van der Waals surface area contributed by atoms with Crippen molar-refractivity contribution in [2.75, 3.05) is 19.6 Å². The van der Waals surface area contributed by atoms with E-state index in [0.717, 1.165) is 26.1 Å². The molecule has 1 amide bonds. The lowest BCUT2D eigenvalue weighted by Crippen LogP contribution is -2.55. The summed E-state index contributed by atoms with van der Waals surface area (Å²) in [7, 11) is 0. The molecule has 3 heteroatoms. The van der Waals surface area contributed by atoms with Crippen LogP contribution < -0.4 is 0 Å². The van der Waals surface area contributed by atoms with E-state index in [1.807, 2.05) is 4.90 Å². The number of nitrogens with zero attached hydrogens (tertiary/aromatic N) is 2. The Morgan fingerprint density at radius 1 is 1.40 bits per heavy atom. The minimum absolute atomic E-state index is 0.327. The average molecular weight is 212 g/mol. The molecule has 0 bridgehead atoms. The highest BCUT2D eigenvalue weighted by Gasteiger charge is 2.27. The van der Waals surface area contributed by atoms with Gasteiger partial charge in [0.25, 0.3) is 0 Å². The Kier molecular flexibility index (Phi) is 4.58. The standard InChI is InChI=1S/C12H24N2O/c1-5-6-12(15)13-7-8-14(10(2)3)11(4)9-13/h10-11H,5-9H2,1-4H3/t11-/m1/s1. The molecule has 0 radical (unpaired) electrons. The van der Waals surface area contributed by atoms with Gasteiger partial charge in [0.05, 0.1) is 0 Å². The normalized spacial score (nSPS) is 23.5. The topological polar surface area (TPSA) is 23.6 Å². The number of carbonyl (C=O) groups is 1. The van der Waals surface area contributed by atoms with Gasteiger partial charge in [0, 0.05) is 38.1 Å². The quantitative estimate of drug-likeness (QED) is 0.711. The van der Waals surface area contributed by atoms with E-state index in [2.05, 4.69) is 32.6 Å². The van der Waals surface area contributed by atoms with Gasteiger partial charge in [0.15, 0.2) is 0 Å². The van der Waals surface area contributed by atoms with Gasteiger partial charge in [0.2, 0.25) is 5.91 Å². The van der Waals surface area contributed by atoms with Crippen molar-refractivity contribution in [2.24, 2.45) is 0 Å². The molecular formula is C12H24N2O. The van der Waals surface area contributed by atoms with Crippen molar-refractivity contribution in [1.29, 1.82) is 0 Å². The first-order valence-corrected chi connectivity index (χ1v) is 6.09. The highest BCUT2D eigenvalue weighted by molar-refractivity contribution is 5.76. The van der Waals surface area contributed by atoms with Crippen LogP contribution in [0.1, 0.15) is 40.5 Å². The minimum Gasteiger partial charge on any atom is -0.340 e. The summed E-state index contributed by atoms with van der Waals surface area (Å²) in [5, 5.41) is 0. The molecule has 1 aliphatic rings. The van der Waals surface area contributed by atoms with Crippen LogP contribution in [0.2, 0.25) is 0 Å². The van der Waals surface area contributed by atoms with Crippen molar-refractivity contribution in [3.63, 3.8) is 0 Å². The van der Waals surface area contributed by atoms with Gasteiger partial charge in [-0.3, -0.25) is 9.69 Å². The molecule has 1 saturated heterocycles. The molecule has 88 valence electrons. The van der Waals surface area contributed by atoms with Crippen LogP contribution in [-0.2, 0) is 4.79 Å². The van der Waals surface area contributed by atoms with Gasteiger partial charge < -0.3 is 4.90 Å². The lowest BCUT2D eigenvalue weighted by atomic mass is 10.1. The lowest BCUT2D eigenvalue weighted by Gasteiger charge is -2.42. The summed E-state index contributed by atoms with van der Waals surface area (Å²) >= 11 is 0. The van der Waals surface area contributed by atoms with Crippen LogP contribution in [0.3, 0.4) is 0 Å². The number of amides is 1. The van der Waals surface area contributed by atoms with Crippen LogP contribution in [0, 0.1) is 0 Å². The Labute approximate surface area is 93.4 Å². The second kappa shape index (κ2) is 5.50. The molecule has 1 rings (SSSR count). The summed E-state index contributed by atoms with van der Waals surface area (Å²) < 4.78 is 0. The van der Waals surface area contributed by atoms with E-state index in [9.17, 15) is 4.79 Å². The van der Waals surface area contributed by atoms with Gasteiger partial charge in [-0.2, -0.15) is 0 Å². The number of carbonyl (C=O) groups excluding carboxylic acids is 1. The van der Waals surface area contributed by atoms with Crippen LogP contribution >= 0.6 is 0 Å². The maximum absolute atomic E-state index is 11.7. The zero-order valence-electron chi connectivity index (χ0n) is 10.5. The molecule has 15 heavy (non-hydrogen) atoms. The van der Waals surface area contributed by atoms with Gasteiger partial charge in [-0.25, -0.2) is 0 Å². The fraction of sp³-hybridized carbons (Fsp3) is 0.917. The SMILES string of the molecule is CCCC(=O)N1CCN(C(C)C)[C@H](C)C1. The smallest absolute Gasteiger partial charge is 0.222 e. The predicted molar refractivity (Wildman–Crippen MR) is 62.8 cm³/mol. The Morgan fingerprint density at radius 3 is 2.53 bits per heavy atom. The molecule has 0 spiro atoms. The third-order valence-corrected chi connectivity index (χ3v) is 3.16. The van der Waals surface area contributed by atoms with Crippen LogP contribution in [0.15, 0.2) is 0 Å². The highest BCUT2D eigenvalue weighted by Crippen LogP contribution is 2.13. The summed E-state index contributed by atoms with van der Waals surface area (Å²) in [6, 6.07) is 1.09. The second-order valence-electron chi connectivity index (χ2n) is 4.77. The maximum atomic E-state index is 11.7. The van der Waals surface area contributed by atoms with Crippen molar-refractivity contribution < 1.29 is 4.79 Å². The van der Waals surface area contributed by atoms with E-state index in [1.165, 1.54) is 0 Å². The van der Waals surface area contributed by atoms with Gasteiger partial charge in [-0.15, -0.1) is 0 Å². The zero-order chi connectivity index (χ0) is 11.4. The first-order chi connectivity index (χ1) is 7.06. The largest absolute Gasteiger partial charge is 0.340 e. The van der Waals surface area contributed by atoms with Crippen LogP contribution in [0.25, 0.3) is 0 Å². The zero-order valence-corrected chi connectivity index (χ0v) is 10.5. The van der Waals surface area contributed by atoms with Crippen LogP contribution in [-0.4, -0.2) is 47.4 Å². The van der Waals surface area contributed by atoms with E-state index in [4.69, 9.17) is 0 Å². The molecule has 3 nitrogen and oxygen atoms in total. The van der Waals surface area contributed by atoms with Crippen molar-refractivity contribution in [3.05, 3.63) is 0 Å². The maximum Gasteiger partial charge on any atom is 0.222 e. The molecular weight excluding hydrogens is 188 g/mol. The van der Waals surface area contributed by atoms with E-state index >= 15 is 0 Å². The van der Waals surface area contributed by atoms with Gasteiger partial charge in [-0.1, -0.05) is 6.92 Å². The van der Waals surface area contributed by atoms with Crippen LogP contribution in [0.4, 0.5) is 0 Å². The van der Waals surface area contributed by atoms with E-state index in [-0.39, 0.29) is 0 Å². The summed E-state index contributed by atoms with van der Waals surface area (Å²) in [6.45, 7) is 11.5. The Morgan fingerprint density at radius 2 is 2.07 bits per heavy atom. The van der Waals surface area contributed by atoms with E-state index in [1.54, 1.807) is 0 Å². The fourth-order valence-corrected chi connectivity index (χ4v) is 2.34. The van der Waals surface area contributed by atoms with Crippen molar-refractivity contribution in [1.82, 2.24) is 9.80 Å². The molecule has 0 aliphatic carbocycles. The van der Waals surface area contributed by atoms with Gasteiger partial charge in [0.1, 0.15) is 0 Å². The fourth-order valence-electron chi connectivity index (χ4n) is 2.34. The predicted octanol–water partition coefficient (Wildman–Crippen LogP) is 1.73. The second-order valence-corrected chi connectivity index (χ2v) is 4.77. The summed E-state index contributed by atoms with van der Waals surface area (Å²) in [4.78, 5) is 16.2. The van der Waals surface area contributed by atoms with Crippen molar-refractivity contribution in [3.8, 4) is 0 Å².